The third-order valence-electron chi connectivity index (χ3n) is 4.30. The molecule has 2 atom stereocenters. The number of carbonyl (C=O) groups excluding carboxylic acids is 1. The van der Waals surface area contributed by atoms with Gasteiger partial charge in [-0.05, 0) is 24.3 Å². The molecule has 1 aromatic carbocycles. The molecule has 2 unspecified atom stereocenters. The normalized spacial score (nSPS) is 19.4. The van der Waals surface area contributed by atoms with Crippen molar-refractivity contribution in [1.29, 1.82) is 0 Å². The molecule has 2 rings (SSSR count). The highest BCUT2D eigenvalue weighted by molar-refractivity contribution is 5.79. The summed E-state index contributed by atoms with van der Waals surface area (Å²) in [5.74, 6) is 0.540. The molecule has 0 bridgehead atoms. The van der Waals surface area contributed by atoms with Gasteiger partial charge in [0.1, 0.15) is 0 Å². The standard InChI is InChI=1S/C17H24N2O/c1-3-14-9-11-19(12-10-14)17(20)13(2)16(18)15-7-5-4-6-8-15/h3-8,13-14,16H,1,9-12,18H2,2H3. The second-order valence-corrected chi connectivity index (χ2v) is 5.62. The average Bonchev–Trinajstić information content (AvgIpc) is 2.53. The van der Waals surface area contributed by atoms with E-state index in [9.17, 15) is 4.79 Å². The first-order valence-electron chi connectivity index (χ1n) is 7.35. The van der Waals surface area contributed by atoms with Crippen LogP contribution in [0.5, 0.6) is 0 Å². The van der Waals surface area contributed by atoms with Crippen LogP contribution in [0.2, 0.25) is 0 Å². The van der Waals surface area contributed by atoms with Gasteiger partial charge in [0.05, 0.1) is 5.92 Å². The van der Waals surface area contributed by atoms with Crippen molar-refractivity contribution in [2.75, 3.05) is 13.1 Å². The van der Waals surface area contributed by atoms with Gasteiger partial charge in [-0.2, -0.15) is 0 Å². The molecule has 0 radical (unpaired) electrons. The van der Waals surface area contributed by atoms with Crippen molar-refractivity contribution in [2.45, 2.75) is 25.8 Å². The van der Waals surface area contributed by atoms with Crippen molar-refractivity contribution in [1.82, 2.24) is 4.90 Å². The molecule has 20 heavy (non-hydrogen) atoms. The maximum absolute atomic E-state index is 12.5. The third kappa shape index (κ3) is 3.28. The molecule has 0 aliphatic carbocycles. The summed E-state index contributed by atoms with van der Waals surface area (Å²) >= 11 is 0. The fourth-order valence-electron chi connectivity index (χ4n) is 2.76. The van der Waals surface area contributed by atoms with E-state index >= 15 is 0 Å². The van der Waals surface area contributed by atoms with E-state index in [1.54, 1.807) is 0 Å². The SMILES string of the molecule is C=CC1CCN(C(=O)C(C)C(N)c2ccccc2)CC1. The Balaban J connectivity index is 1.97. The number of benzene rings is 1. The molecule has 1 aromatic rings. The summed E-state index contributed by atoms with van der Waals surface area (Å²) in [5.41, 5.74) is 7.26. The zero-order valence-corrected chi connectivity index (χ0v) is 12.2. The molecule has 3 heteroatoms. The Bertz CT molecular complexity index is 449. The number of likely N-dealkylation sites (tertiary alicyclic amines) is 1. The lowest BCUT2D eigenvalue weighted by molar-refractivity contribution is -0.136. The summed E-state index contributed by atoms with van der Waals surface area (Å²) < 4.78 is 0. The summed E-state index contributed by atoms with van der Waals surface area (Å²) in [5, 5.41) is 0. The Morgan fingerprint density at radius 1 is 1.35 bits per heavy atom. The van der Waals surface area contributed by atoms with Crippen molar-refractivity contribution in [2.24, 2.45) is 17.6 Å². The molecule has 0 spiro atoms. The largest absolute Gasteiger partial charge is 0.342 e. The lowest BCUT2D eigenvalue weighted by atomic mass is 9.92. The highest BCUT2D eigenvalue weighted by Crippen LogP contribution is 2.24. The number of nitrogens with two attached hydrogens (primary N) is 1. The minimum Gasteiger partial charge on any atom is -0.342 e. The first-order valence-corrected chi connectivity index (χ1v) is 7.35. The number of piperidine rings is 1. The van der Waals surface area contributed by atoms with Crippen LogP contribution in [-0.2, 0) is 4.79 Å². The summed E-state index contributed by atoms with van der Waals surface area (Å²) in [7, 11) is 0. The van der Waals surface area contributed by atoms with Gasteiger partial charge in [-0.1, -0.05) is 43.3 Å². The molecule has 1 aliphatic rings. The van der Waals surface area contributed by atoms with Gasteiger partial charge in [-0.25, -0.2) is 0 Å². The van der Waals surface area contributed by atoms with Gasteiger partial charge in [-0.3, -0.25) is 4.79 Å². The number of hydrogen-bond donors (Lipinski definition) is 1. The lowest BCUT2D eigenvalue weighted by Gasteiger charge is -2.33. The van der Waals surface area contributed by atoms with Crippen LogP contribution in [0.4, 0.5) is 0 Å². The molecule has 2 N–H and O–H groups in total. The van der Waals surface area contributed by atoms with Crippen LogP contribution < -0.4 is 5.73 Å². The molecule has 0 aromatic heterocycles. The number of amides is 1. The summed E-state index contributed by atoms with van der Waals surface area (Å²) in [6.45, 7) is 7.41. The van der Waals surface area contributed by atoms with E-state index in [4.69, 9.17) is 5.73 Å². The summed E-state index contributed by atoms with van der Waals surface area (Å²) in [6, 6.07) is 9.62. The average molecular weight is 272 g/mol. The van der Waals surface area contributed by atoms with Crippen LogP contribution in [0.1, 0.15) is 31.4 Å². The Morgan fingerprint density at radius 3 is 2.50 bits per heavy atom. The number of hydrogen-bond acceptors (Lipinski definition) is 2. The lowest BCUT2D eigenvalue weighted by Crippen LogP contribution is -2.43. The van der Waals surface area contributed by atoms with E-state index in [2.05, 4.69) is 6.58 Å². The fourth-order valence-corrected chi connectivity index (χ4v) is 2.76. The first kappa shape index (κ1) is 14.8. The number of rotatable bonds is 4. The summed E-state index contributed by atoms with van der Waals surface area (Å²) in [4.78, 5) is 14.5. The van der Waals surface area contributed by atoms with Gasteiger partial charge in [-0.15, -0.1) is 6.58 Å². The number of nitrogens with zero attached hydrogens (tertiary/aromatic N) is 1. The van der Waals surface area contributed by atoms with Crippen molar-refractivity contribution in [3.8, 4) is 0 Å². The monoisotopic (exact) mass is 272 g/mol. The van der Waals surface area contributed by atoms with Gasteiger partial charge >= 0.3 is 0 Å². The van der Waals surface area contributed by atoms with E-state index < -0.39 is 0 Å². The topological polar surface area (TPSA) is 46.3 Å². The first-order chi connectivity index (χ1) is 9.63. The van der Waals surface area contributed by atoms with Crippen molar-refractivity contribution < 1.29 is 4.79 Å². The zero-order valence-electron chi connectivity index (χ0n) is 12.2. The van der Waals surface area contributed by atoms with Crippen LogP contribution in [0, 0.1) is 11.8 Å². The van der Waals surface area contributed by atoms with Crippen LogP contribution in [0.3, 0.4) is 0 Å². The molecule has 0 saturated carbocycles. The predicted octanol–water partition coefficient (Wildman–Crippen LogP) is 2.75. The zero-order chi connectivity index (χ0) is 14.5. The second kappa shape index (κ2) is 6.71. The molecule has 108 valence electrons. The van der Waals surface area contributed by atoms with Crippen molar-refractivity contribution >= 4 is 5.91 Å². The maximum atomic E-state index is 12.5. The number of carbonyl (C=O) groups is 1. The Morgan fingerprint density at radius 2 is 1.95 bits per heavy atom. The predicted molar refractivity (Wildman–Crippen MR) is 82.0 cm³/mol. The van der Waals surface area contributed by atoms with Gasteiger partial charge in [0.15, 0.2) is 0 Å². The van der Waals surface area contributed by atoms with Crippen LogP contribution in [-0.4, -0.2) is 23.9 Å². The molecule has 1 heterocycles. The van der Waals surface area contributed by atoms with Crippen LogP contribution >= 0.6 is 0 Å². The van der Waals surface area contributed by atoms with E-state index in [0.29, 0.717) is 5.92 Å². The van der Waals surface area contributed by atoms with Gasteiger partial charge in [0.25, 0.3) is 0 Å². The third-order valence-corrected chi connectivity index (χ3v) is 4.30. The van der Waals surface area contributed by atoms with E-state index in [0.717, 1.165) is 31.5 Å². The van der Waals surface area contributed by atoms with Crippen LogP contribution in [0.25, 0.3) is 0 Å². The van der Waals surface area contributed by atoms with Crippen LogP contribution in [0.15, 0.2) is 43.0 Å². The maximum Gasteiger partial charge on any atom is 0.227 e. The van der Waals surface area contributed by atoms with E-state index in [1.165, 1.54) is 0 Å². The second-order valence-electron chi connectivity index (χ2n) is 5.62. The molecule has 1 fully saturated rings. The Kier molecular flexibility index (Phi) is 4.96. The Labute approximate surface area is 121 Å². The van der Waals surface area contributed by atoms with Gasteiger partial charge in [0.2, 0.25) is 5.91 Å². The van der Waals surface area contributed by atoms with Gasteiger partial charge in [0, 0.05) is 19.1 Å². The van der Waals surface area contributed by atoms with Crippen molar-refractivity contribution in [3.63, 3.8) is 0 Å². The molecule has 1 saturated heterocycles. The molecule has 3 nitrogen and oxygen atoms in total. The molecule has 1 aliphatic heterocycles. The highest BCUT2D eigenvalue weighted by atomic mass is 16.2. The summed E-state index contributed by atoms with van der Waals surface area (Å²) in [6.07, 6.45) is 4.03. The number of allylic oxidation sites excluding steroid dienone is 1. The molecular formula is C17H24N2O. The smallest absolute Gasteiger partial charge is 0.227 e. The van der Waals surface area contributed by atoms with E-state index in [-0.39, 0.29) is 17.9 Å². The Hall–Kier alpha value is -1.61. The van der Waals surface area contributed by atoms with E-state index in [1.807, 2.05) is 48.2 Å². The quantitative estimate of drug-likeness (QED) is 0.857. The van der Waals surface area contributed by atoms with Gasteiger partial charge < -0.3 is 10.6 Å². The van der Waals surface area contributed by atoms with Crippen molar-refractivity contribution in [3.05, 3.63) is 48.6 Å². The molecule has 1 amide bonds. The minimum absolute atomic E-state index is 0.170. The fraction of sp³-hybridized carbons (Fsp3) is 0.471. The minimum atomic E-state index is -0.235. The highest BCUT2D eigenvalue weighted by Gasteiger charge is 2.28. The molecular weight excluding hydrogens is 248 g/mol.